The smallest absolute Gasteiger partial charge is 0.305 e. The Morgan fingerprint density at radius 3 is 2.58 bits per heavy atom. The van der Waals surface area contributed by atoms with E-state index in [1.807, 2.05) is 30.3 Å². The Bertz CT molecular complexity index is 369. The summed E-state index contributed by atoms with van der Waals surface area (Å²) in [4.78, 5) is 11.3. The largest absolute Gasteiger partial charge is 0.456 e. The molecule has 0 amide bonds. The molecule has 0 N–H and O–H groups in total. The van der Waals surface area contributed by atoms with Gasteiger partial charge in [-0.3, -0.25) is 4.79 Å². The van der Waals surface area contributed by atoms with Crippen LogP contribution in [0.2, 0.25) is 0 Å². The lowest BCUT2D eigenvalue weighted by atomic mass is 10.2. The molecule has 0 aromatic heterocycles. The van der Waals surface area contributed by atoms with Crippen molar-refractivity contribution < 1.29 is 19.0 Å². The summed E-state index contributed by atoms with van der Waals surface area (Å²) in [5.74, 6) is -0.323. The predicted molar refractivity (Wildman–Crippen MR) is 72.9 cm³/mol. The molecule has 0 radical (unpaired) electrons. The average Bonchev–Trinajstić information content (AvgIpc) is 2.45. The third-order valence-corrected chi connectivity index (χ3v) is 2.85. The van der Waals surface area contributed by atoms with Gasteiger partial charge in [0.15, 0.2) is 11.7 Å². The number of carbonyl (C=O) groups is 1. The SMILES string of the molecule is CCC(=O)OC(COC)C(Cl)OCc1ccccc1. The number of methoxy groups -OCH3 is 1. The monoisotopic (exact) mass is 286 g/mol. The normalized spacial score (nSPS) is 13.8. The summed E-state index contributed by atoms with van der Waals surface area (Å²) in [5.41, 5.74) is 0.266. The maximum Gasteiger partial charge on any atom is 0.305 e. The van der Waals surface area contributed by atoms with Crippen molar-refractivity contribution in [2.75, 3.05) is 13.7 Å². The van der Waals surface area contributed by atoms with Crippen LogP contribution in [0.1, 0.15) is 18.9 Å². The van der Waals surface area contributed by atoms with Gasteiger partial charge in [0.2, 0.25) is 0 Å². The van der Waals surface area contributed by atoms with Gasteiger partial charge in [0, 0.05) is 13.5 Å². The molecular weight excluding hydrogens is 268 g/mol. The van der Waals surface area contributed by atoms with Gasteiger partial charge < -0.3 is 14.2 Å². The van der Waals surface area contributed by atoms with Crippen molar-refractivity contribution in [3.8, 4) is 0 Å². The highest BCUT2D eigenvalue weighted by molar-refractivity contribution is 6.20. The first-order valence-electron chi connectivity index (χ1n) is 6.15. The number of hydrogen-bond donors (Lipinski definition) is 0. The molecule has 106 valence electrons. The van der Waals surface area contributed by atoms with Crippen LogP contribution in [0.25, 0.3) is 0 Å². The van der Waals surface area contributed by atoms with Gasteiger partial charge >= 0.3 is 5.97 Å². The Balaban J connectivity index is 2.47. The van der Waals surface area contributed by atoms with E-state index in [1.54, 1.807) is 6.92 Å². The Labute approximate surface area is 118 Å². The van der Waals surface area contributed by atoms with Crippen molar-refractivity contribution in [3.05, 3.63) is 35.9 Å². The number of carbonyl (C=O) groups excluding carboxylic acids is 1. The zero-order valence-electron chi connectivity index (χ0n) is 11.2. The Hall–Kier alpha value is -1.10. The Kier molecular flexibility index (Phi) is 7.48. The van der Waals surface area contributed by atoms with Gasteiger partial charge in [0.05, 0.1) is 13.2 Å². The highest BCUT2D eigenvalue weighted by atomic mass is 35.5. The zero-order chi connectivity index (χ0) is 14.1. The van der Waals surface area contributed by atoms with Gasteiger partial charge in [-0.15, -0.1) is 0 Å². The van der Waals surface area contributed by atoms with Crippen LogP contribution >= 0.6 is 11.6 Å². The Morgan fingerprint density at radius 2 is 2.00 bits per heavy atom. The van der Waals surface area contributed by atoms with Crippen molar-refractivity contribution in [1.82, 2.24) is 0 Å². The van der Waals surface area contributed by atoms with Gasteiger partial charge in [-0.25, -0.2) is 0 Å². The molecule has 0 aliphatic rings. The summed E-state index contributed by atoms with van der Waals surface area (Å²) < 4.78 is 15.6. The number of rotatable bonds is 8. The van der Waals surface area contributed by atoms with Crippen LogP contribution in [0.4, 0.5) is 0 Å². The van der Waals surface area contributed by atoms with E-state index in [4.69, 9.17) is 25.8 Å². The number of hydrogen-bond acceptors (Lipinski definition) is 4. The third-order valence-electron chi connectivity index (χ3n) is 2.45. The van der Waals surface area contributed by atoms with Crippen molar-refractivity contribution in [2.45, 2.75) is 31.6 Å². The van der Waals surface area contributed by atoms with Crippen LogP contribution in [-0.2, 0) is 25.6 Å². The second-order valence-electron chi connectivity index (χ2n) is 3.98. The van der Waals surface area contributed by atoms with Gasteiger partial charge in [-0.05, 0) is 5.56 Å². The molecule has 1 aromatic carbocycles. The molecule has 0 aliphatic carbocycles. The summed E-state index contributed by atoms with van der Waals surface area (Å²) in [6.45, 7) is 2.29. The van der Waals surface area contributed by atoms with E-state index < -0.39 is 11.7 Å². The molecule has 19 heavy (non-hydrogen) atoms. The Morgan fingerprint density at radius 1 is 1.32 bits per heavy atom. The quantitative estimate of drug-likeness (QED) is 0.544. The van der Waals surface area contributed by atoms with Crippen molar-refractivity contribution in [2.24, 2.45) is 0 Å². The molecule has 5 heteroatoms. The first-order chi connectivity index (χ1) is 9.17. The van der Waals surface area contributed by atoms with Crippen LogP contribution < -0.4 is 0 Å². The zero-order valence-corrected chi connectivity index (χ0v) is 11.9. The molecule has 0 heterocycles. The molecule has 0 saturated carbocycles. The van der Waals surface area contributed by atoms with E-state index in [2.05, 4.69) is 0 Å². The van der Waals surface area contributed by atoms with E-state index in [-0.39, 0.29) is 12.6 Å². The maximum absolute atomic E-state index is 11.3. The lowest BCUT2D eigenvalue weighted by Gasteiger charge is -2.22. The van der Waals surface area contributed by atoms with Crippen LogP contribution in [0.5, 0.6) is 0 Å². The minimum Gasteiger partial charge on any atom is -0.456 e. The van der Waals surface area contributed by atoms with Crippen molar-refractivity contribution in [1.29, 1.82) is 0 Å². The van der Waals surface area contributed by atoms with E-state index >= 15 is 0 Å². The molecule has 4 nitrogen and oxygen atoms in total. The van der Waals surface area contributed by atoms with E-state index in [1.165, 1.54) is 7.11 Å². The maximum atomic E-state index is 11.3. The van der Waals surface area contributed by atoms with Crippen LogP contribution in [0.15, 0.2) is 30.3 Å². The standard InChI is InChI=1S/C14H19ClO4/c1-3-13(16)19-12(10-17-2)14(15)18-9-11-7-5-4-6-8-11/h4-8,12,14H,3,9-10H2,1-2H3. The fourth-order valence-corrected chi connectivity index (χ4v) is 1.62. The molecule has 0 bridgehead atoms. The average molecular weight is 287 g/mol. The fraction of sp³-hybridized carbons (Fsp3) is 0.500. The second kappa shape index (κ2) is 8.91. The summed E-state index contributed by atoms with van der Waals surface area (Å²) in [6.07, 6.45) is -0.314. The fourth-order valence-electron chi connectivity index (χ4n) is 1.44. The molecule has 0 fully saturated rings. The van der Waals surface area contributed by atoms with Crippen LogP contribution in [0.3, 0.4) is 0 Å². The van der Waals surface area contributed by atoms with Gasteiger partial charge in [0.1, 0.15) is 0 Å². The molecule has 0 spiro atoms. The summed E-state index contributed by atoms with van der Waals surface area (Å²) in [5, 5.41) is 0. The van der Waals surface area contributed by atoms with Gasteiger partial charge in [-0.1, -0.05) is 48.9 Å². The number of ether oxygens (including phenoxy) is 3. The first-order valence-corrected chi connectivity index (χ1v) is 6.59. The number of halogens is 1. The summed E-state index contributed by atoms with van der Waals surface area (Å²) in [6, 6.07) is 9.65. The summed E-state index contributed by atoms with van der Waals surface area (Å²) >= 11 is 6.10. The van der Waals surface area contributed by atoms with E-state index in [9.17, 15) is 4.79 Å². The van der Waals surface area contributed by atoms with E-state index in [0.29, 0.717) is 13.0 Å². The molecule has 0 saturated heterocycles. The number of esters is 1. The molecular formula is C14H19ClO4. The highest BCUT2D eigenvalue weighted by Gasteiger charge is 2.23. The molecule has 0 aliphatic heterocycles. The minimum absolute atomic E-state index is 0.203. The minimum atomic E-state index is -0.740. The van der Waals surface area contributed by atoms with Gasteiger partial charge in [0.25, 0.3) is 0 Å². The third kappa shape index (κ3) is 6.05. The first kappa shape index (κ1) is 16.0. The lowest BCUT2D eigenvalue weighted by Crippen LogP contribution is -2.33. The molecule has 1 aromatic rings. The highest BCUT2D eigenvalue weighted by Crippen LogP contribution is 2.13. The van der Waals surface area contributed by atoms with Gasteiger partial charge in [-0.2, -0.15) is 0 Å². The second-order valence-corrected chi connectivity index (χ2v) is 4.42. The molecule has 2 unspecified atom stereocenters. The topological polar surface area (TPSA) is 44.8 Å². The lowest BCUT2D eigenvalue weighted by molar-refractivity contribution is -0.157. The molecule has 1 rings (SSSR count). The molecule has 2 atom stereocenters. The van der Waals surface area contributed by atoms with Crippen LogP contribution in [0, 0.1) is 0 Å². The van der Waals surface area contributed by atoms with Crippen LogP contribution in [-0.4, -0.2) is 31.4 Å². The summed E-state index contributed by atoms with van der Waals surface area (Å²) in [7, 11) is 1.52. The number of alkyl halides is 1. The number of benzene rings is 1. The van der Waals surface area contributed by atoms with Crippen molar-refractivity contribution >= 4 is 17.6 Å². The van der Waals surface area contributed by atoms with Crippen molar-refractivity contribution in [3.63, 3.8) is 0 Å². The predicted octanol–water partition coefficient (Wildman–Crippen LogP) is 2.74. The van der Waals surface area contributed by atoms with E-state index in [0.717, 1.165) is 5.56 Å².